The molecule has 0 radical (unpaired) electrons. The van der Waals surface area contributed by atoms with Gasteiger partial charge >= 0.3 is 0 Å². The topological polar surface area (TPSA) is 75.9 Å². The Kier molecular flexibility index (Phi) is 6.47. The van der Waals surface area contributed by atoms with Gasteiger partial charge in [0.1, 0.15) is 5.82 Å². The number of hydrogen-bond donors (Lipinski definition) is 1. The Morgan fingerprint density at radius 2 is 1.79 bits per heavy atom. The molecule has 4 aromatic rings. The Labute approximate surface area is 207 Å². The molecule has 2 aromatic carbocycles. The van der Waals surface area contributed by atoms with E-state index >= 15 is 0 Å². The highest BCUT2D eigenvalue weighted by atomic mass is 35.5. The second-order valence-corrected chi connectivity index (χ2v) is 8.98. The number of anilines is 2. The molecule has 1 saturated heterocycles. The van der Waals surface area contributed by atoms with Gasteiger partial charge in [-0.3, -0.25) is 9.36 Å². The second-order valence-electron chi connectivity index (χ2n) is 8.14. The predicted molar refractivity (Wildman–Crippen MR) is 135 cm³/mol. The number of hydrogen-bond acceptors (Lipinski definition) is 5. The van der Waals surface area contributed by atoms with Crippen molar-refractivity contribution in [3.05, 3.63) is 83.1 Å². The van der Waals surface area contributed by atoms with Crippen LogP contribution < -0.4 is 10.2 Å². The first-order valence-corrected chi connectivity index (χ1v) is 11.8. The SMILES string of the molecule is O=C(Nc1ccc(Cl)cc1Cl)C1CCCN(c2ccc(-n3ccnc3-c3ccccc3)nn2)C1. The standard InChI is InChI=1S/C25H22Cl2N6O/c26-19-8-9-21(20(27)15-19)29-25(34)18-7-4-13-32(16-18)22-10-11-23(31-30-22)33-14-12-28-24(33)17-5-2-1-3-6-17/h1-3,5-6,8-12,14-15,18H,4,7,13,16H2,(H,29,34). The smallest absolute Gasteiger partial charge is 0.229 e. The molecule has 1 aliphatic heterocycles. The zero-order chi connectivity index (χ0) is 23.5. The number of piperidine rings is 1. The van der Waals surface area contributed by atoms with Gasteiger partial charge in [0.25, 0.3) is 0 Å². The monoisotopic (exact) mass is 492 g/mol. The molecule has 172 valence electrons. The number of aromatic nitrogens is 4. The summed E-state index contributed by atoms with van der Waals surface area (Å²) in [7, 11) is 0. The number of halogens is 2. The van der Waals surface area contributed by atoms with Crippen LogP contribution in [0.15, 0.2) is 73.1 Å². The van der Waals surface area contributed by atoms with E-state index in [1.54, 1.807) is 24.4 Å². The van der Waals surface area contributed by atoms with E-state index in [-0.39, 0.29) is 11.8 Å². The molecule has 0 aliphatic carbocycles. The summed E-state index contributed by atoms with van der Waals surface area (Å²) in [5, 5.41) is 12.8. The fourth-order valence-electron chi connectivity index (χ4n) is 4.13. The van der Waals surface area contributed by atoms with Crippen LogP contribution in [0.5, 0.6) is 0 Å². The molecule has 2 aromatic heterocycles. The van der Waals surface area contributed by atoms with Gasteiger partial charge in [0.2, 0.25) is 5.91 Å². The number of carbonyl (C=O) groups is 1. The maximum atomic E-state index is 12.9. The van der Waals surface area contributed by atoms with E-state index in [2.05, 4.69) is 25.4 Å². The third-order valence-electron chi connectivity index (χ3n) is 5.86. The minimum atomic E-state index is -0.180. The van der Waals surface area contributed by atoms with Crippen molar-refractivity contribution in [2.24, 2.45) is 5.92 Å². The molecule has 1 fully saturated rings. The van der Waals surface area contributed by atoms with E-state index in [1.807, 2.05) is 53.2 Å². The Morgan fingerprint density at radius 3 is 2.56 bits per heavy atom. The van der Waals surface area contributed by atoms with Gasteiger partial charge in [-0.1, -0.05) is 53.5 Å². The molecular formula is C25H22Cl2N6O. The van der Waals surface area contributed by atoms with Crippen LogP contribution in [0.3, 0.4) is 0 Å². The normalized spacial score (nSPS) is 15.8. The van der Waals surface area contributed by atoms with E-state index in [1.165, 1.54) is 0 Å². The van der Waals surface area contributed by atoms with Crippen molar-refractivity contribution in [2.75, 3.05) is 23.3 Å². The summed E-state index contributed by atoms with van der Waals surface area (Å²) in [4.78, 5) is 19.5. The number of benzene rings is 2. The van der Waals surface area contributed by atoms with Crippen molar-refractivity contribution in [1.82, 2.24) is 19.7 Å². The lowest BCUT2D eigenvalue weighted by Crippen LogP contribution is -2.41. The van der Waals surface area contributed by atoms with Gasteiger partial charge in [0.05, 0.1) is 16.6 Å². The third kappa shape index (κ3) is 4.76. The Bertz CT molecular complexity index is 1290. The number of nitrogens with zero attached hydrogens (tertiary/aromatic N) is 5. The lowest BCUT2D eigenvalue weighted by atomic mass is 9.97. The number of rotatable bonds is 5. The van der Waals surface area contributed by atoms with Gasteiger partial charge in [-0.2, -0.15) is 0 Å². The van der Waals surface area contributed by atoms with Crippen LogP contribution in [-0.4, -0.2) is 38.7 Å². The zero-order valence-corrected chi connectivity index (χ0v) is 19.7. The Hall–Kier alpha value is -3.42. The summed E-state index contributed by atoms with van der Waals surface area (Å²) in [6, 6.07) is 18.9. The van der Waals surface area contributed by atoms with Gasteiger partial charge in [-0.15, -0.1) is 10.2 Å². The van der Waals surface area contributed by atoms with E-state index in [9.17, 15) is 4.79 Å². The summed E-state index contributed by atoms with van der Waals surface area (Å²) in [5.41, 5.74) is 1.57. The van der Waals surface area contributed by atoms with Crippen LogP contribution in [-0.2, 0) is 4.79 Å². The number of imidazole rings is 1. The van der Waals surface area contributed by atoms with Crippen molar-refractivity contribution in [3.63, 3.8) is 0 Å². The third-order valence-corrected chi connectivity index (χ3v) is 6.41. The quantitative estimate of drug-likeness (QED) is 0.398. The van der Waals surface area contributed by atoms with Crippen LogP contribution in [0.4, 0.5) is 11.5 Å². The molecule has 9 heteroatoms. The predicted octanol–water partition coefficient (Wildman–Crippen LogP) is 5.49. The largest absolute Gasteiger partial charge is 0.354 e. The molecule has 7 nitrogen and oxygen atoms in total. The van der Waals surface area contributed by atoms with Crippen molar-refractivity contribution >= 4 is 40.6 Å². The van der Waals surface area contributed by atoms with Gasteiger partial charge in [-0.25, -0.2) is 4.98 Å². The van der Waals surface area contributed by atoms with Crippen LogP contribution in [0.1, 0.15) is 12.8 Å². The molecule has 1 atom stereocenters. The summed E-state index contributed by atoms with van der Waals surface area (Å²) in [6.45, 7) is 1.38. The van der Waals surface area contributed by atoms with Crippen molar-refractivity contribution in [3.8, 4) is 17.2 Å². The van der Waals surface area contributed by atoms with Crippen molar-refractivity contribution < 1.29 is 4.79 Å². The molecule has 34 heavy (non-hydrogen) atoms. The molecule has 1 N–H and O–H groups in total. The van der Waals surface area contributed by atoms with Crippen LogP contribution >= 0.6 is 23.2 Å². The summed E-state index contributed by atoms with van der Waals surface area (Å²) in [6.07, 6.45) is 5.30. The maximum absolute atomic E-state index is 12.9. The number of amides is 1. The van der Waals surface area contributed by atoms with Crippen molar-refractivity contribution in [1.29, 1.82) is 0 Å². The molecule has 1 unspecified atom stereocenters. The zero-order valence-electron chi connectivity index (χ0n) is 18.2. The van der Waals surface area contributed by atoms with E-state index in [4.69, 9.17) is 23.2 Å². The Balaban J connectivity index is 1.29. The van der Waals surface area contributed by atoms with Crippen LogP contribution in [0.25, 0.3) is 17.2 Å². The van der Waals surface area contributed by atoms with Crippen LogP contribution in [0, 0.1) is 5.92 Å². The minimum absolute atomic E-state index is 0.0654. The summed E-state index contributed by atoms with van der Waals surface area (Å²) in [5.74, 6) is 1.99. The van der Waals surface area contributed by atoms with Gasteiger partial charge in [-0.05, 0) is 43.2 Å². The molecule has 1 amide bonds. The molecular weight excluding hydrogens is 471 g/mol. The fourth-order valence-corrected chi connectivity index (χ4v) is 4.59. The molecule has 0 bridgehead atoms. The van der Waals surface area contributed by atoms with Crippen LogP contribution in [0.2, 0.25) is 10.0 Å². The minimum Gasteiger partial charge on any atom is -0.354 e. The lowest BCUT2D eigenvalue weighted by molar-refractivity contribution is -0.120. The first-order valence-electron chi connectivity index (χ1n) is 11.0. The molecule has 0 saturated carbocycles. The van der Waals surface area contributed by atoms with E-state index in [0.717, 1.165) is 36.6 Å². The molecule has 1 aliphatic rings. The second kappa shape index (κ2) is 9.83. The first-order chi connectivity index (χ1) is 16.6. The first kappa shape index (κ1) is 22.4. The summed E-state index contributed by atoms with van der Waals surface area (Å²) < 4.78 is 1.91. The fraction of sp³-hybridized carbons (Fsp3) is 0.200. The Morgan fingerprint density at radius 1 is 1.00 bits per heavy atom. The average Bonchev–Trinajstić information content (AvgIpc) is 3.36. The summed E-state index contributed by atoms with van der Waals surface area (Å²) >= 11 is 12.2. The lowest BCUT2D eigenvalue weighted by Gasteiger charge is -2.32. The van der Waals surface area contributed by atoms with Crippen molar-refractivity contribution in [2.45, 2.75) is 12.8 Å². The van der Waals surface area contributed by atoms with Gasteiger partial charge in [0.15, 0.2) is 11.6 Å². The molecule has 5 rings (SSSR count). The number of carbonyl (C=O) groups excluding carboxylic acids is 1. The van der Waals surface area contributed by atoms with Gasteiger partial charge in [0, 0.05) is 36.1 Å². The molecule has 3 heterocycles. The maximum Gasteiger partial charge on any atom is 0.229 e. The molecule has 0 spiro atoms. The number of nitrogens with one attached hydrogen (secondary N) is 1. The highest BCUT2D eigenvalue weighted by Crippen LogP contribution is 2.28. The highest BCUT2D eigenvalue weighted by Gasteiger charge is 2.27. The van der Waals surface area contributed by atoms with E-state index in [0.29, 0.717) is 28.1 Å². The van der Waals surface area contributed by atoms with Gasteiger partial charge < -0.3 is 10.2 Å². The van der Waals surface area contributed by atoms with E-state index < -0.39 is 0 Å². The average molecular weight is 493 g/mol. The highest BCUT2D eigenvalue weighted by molar-refractivity contribution is 6.36.